The van der Waals surface area contributed by atoms with Gasteiger partial charge in [-0.3, -0.25) is 20.4 Å². The number of thiophene rings is 1. The summed E-state index contributed by atoms with van der Waals surface area (Å²) in [7, 11) is 0. The lowest BCUT2D eigenvalue weighted by molar-refractivity contribution is 0.0849. The molecule has 0 aliphatic heterocycles. The van der Waals surface area contributed by atoms with E-state index in [2.05, 4.69) is 16.0 Å². The van der Waals surface area contributed by atoms with Crippen molar-refractivity contribution < 1.29 is 14.1 Å². The van der Waals surface area contributed by atoms with E-state index < -0.39 is 11.8 Å². The van der Waals surface area contributed by atoms with Crippen LogP contribution in [0.25, 0.3) is 10.4 Å². The number of aryl methyl sites for hydroxylation is 2. The number of amides is 2. The number of hydrogen-bond donors (Lipinski definition) is 2. The molecular formula is C17H14ClN3O3S. The molecule has 2 amide bonds. The molecule has 0 saturated carbocycles. The summed E-state index contributed by atoms with van der Waals surface area (Å²) in [6.45, 7) is 3.67. The Bertz CT molecular complexity index is 912. The van der Waals surface area contributed by atoms with E-state index in [1.165, 1.54) is 11.3 Å². The maximum Gasteiger partial charge on any atom is 0.279 e. The van der Waals surface area contributed by atoms with E-state index in [1.807, 2.05) is 19.9 Å². The SMILES string of the molecule is Cc1noc(C)c1-c1ccc(C(=O)NNC(=O)c2ccc(Cl)cc2)s1. The van der Waals surface area contributed by atoms with Gasteiger partial charge in [-0.25, -0.2) is 0 Å². The Morgan fingerprint density at radius 1 is 1.04 bits per heavy atom. The topological polar surface area (TPSA) is 84.2 Å². The van der Waals surface area contributed by atoms with Crippen LogP contribution in [0.2, 0.25) is 5.02 Å². The average molecular weight is 376 g/mol. The van der Waals surface area contributed by atoms with Crippen LogP contribution in [0.3, 0.4) is 0 Å². The van der Waals surface area contributed by atoms with Gasteiger partial charge in [0.05, 0.1) is 16.1 Å². The van der Waals surface area contributed by atoms with Gasteiger partial charge in [-0.1, -0.05) is 16.8 Å². The number of halogens is 1. The molecule has 2 aromatic heterocycles. The van der Waals surface area contributed by atoms with Crippen molar-refractivity contribution in [1.82, 2.24) is 16.0 Å². The molecule has 3 rings (SSSR count). The minimum atomic E-state index is -0.424. The smallest absolute Gasteiger partial charge is 0.279 e. The molecule has 6 nitrogen and oxygen atoms in total. The molecule has 0 bridgehead atoms. The highest BCUT2D eigenvalue weighted by molar-refractivity contribution is 7.17. The number of nitrogens with one attached hydrogen (secondary N) is 2. The summed E-state index contributed by atoms with van der Waals surface area (Å²) >= 11 is 7.08. The molecule has 0 fully saturated rings. The Kier molecular flexibility index (Phi) is 4.87. The summed E-state index contributed by atoms with van der Waals surface area (Å²) in [5, 5.41) is 4.44. The summed E-state index contributed by atoms with van der Waals surface area (Å²) in [6, 6.07) is 9.87. The van der Waals surface area contributed by atoms with Gasteiger partial charge in [0.1, 0.15) is 5.76 Å². The van der Waals surface area contributed by atoms with Crippen LogP contribution in [0, 0.1) is 13.8 Å². The van der Waals surface area contributed by atoms with Crippen LogP contribution < -0.4 is 10.9 Å². The molecule has 0 radical (unpaired) electrons. The van der Waals surface area contributed by atoms with E-state index in [-0.39, 0.29) is 0 Å². The number of hydrogen-bond acceptors (Lipinski definition) is 5. The van der Waals surface area contributed by atoms with E-state index in [0.29, 0.717) is 21.2 Å². The van der Waals surface area contributed by atoms with Gasteiger partial charge in [-0.15, -0.1) is 11.3 Å². The monoisotopic (exact) mass is 375 g/mol. The van der Waals surface area contributed by atoms with Crippen molar-refractivity contribution in [3.05, 3.63) is 63.3 Å². The fourth-order valence-electron chi connectivity index (χ4n) is 2.28. The fourth-order valence-corrected chi connectivity index (χ4v) is 3.45. The van der Waals surface area contributed by atoms with Crippen LogP contribution in [-0.2, 0) is 0 Å². The van der Waals surface area contributed by atoms with Crippen LogP contribution in [-0.4, -0.2) is 17.0 Å². The van der Waals surface area contributed by atoms with E-state index in [1.54, 1.807) is 30.3 Å². The van der Waals surface area contributed by atoms with Gasteiger partial charge in [0.15, 0.2) is 0 Å². The summed E-state index contributed by atoms with van der Waals surface area (Å²) in [6.07, 6.45) is 0. The second-order valence-electron chi connectivity index (χ2n) is 5.28. The normalized spacial score (nSPS) is 10.5. The minimum absolute atomic E-state index is 0.396. The molecule has 8 heteroatoms. The first-order valence-corrected chi connectivity index (χ1v) is 8.54. The van der Waals surface area contributed by atoms with Gasteiger partial charge in [-0.05, 0) is 50.2 Å². The molecule has 0 atom stereocenters. The van der Waals surface area contributed by atoms with Crippen LogP contribution in [0.15, 0.2) is 40.9 Å². The van der Waals surface area contributed by atoms with Crippen LogP contribution in [0.5, 0.6) is 0 Å². The predicted molar refractivity (Wildman–Crippen MR) is 95.7 cm³/mol. The van der Waals surface area contributed by atoms with Crippen molar-refractivity contribution >= 4 is 34.8 Å². The summed E-state index contributed by atoms with van der Waals surface area (Å²) in [5.41, 5.74) is 6.82. The molecule has 128 valence electrons. The number of carbonyl (C=O) groups excluding carboxylic acids is 2. The van der Waals surface area contributed by atoms with Crippen molar-refractivity contribution in [2.75, 3.05) is 0 Å². The number of benzene rings is 1. The first kappa shape index (κ1) is 17.2. The van der Waals surface area contributed by atoms with Crippen LogP contribution >= 0.6 is 22.9 Å². The number of rotatable bonds is 3. The van der Waals surface area contributed by atoms with Gasteiger partial charge in [-0.2, -0.15) is 0 Å². The molecule has 0 saturated heterocycles. The van der Waals surface area contributed by atoms with Gasteiger partial charge >= 0.3 is 0 Å². The highest BCUT2D eigenvalue weighted by Crippen LogP contribution is 2.32. The molecule has 2 N–H and O–H groups in total. The Labute approximate surface area is 152 Å². The number of aromatic nitrogens is 1. The molecular weight excluding hydrogens is 362 g/mol. The molecule has 3 aromatic rings. The second kappa shape index (κ2) is 7.08. The van der Waals surface area contributed by atoms with Crippen LogP contribution in [0.1, 0.15) is 31.5 Å². The summed E-state index contributed by atoms with van der Waals surface area (Å²) < 4.78 is 5.15. The van der Waals surface area contributed by atoms with Crippen molar-refractivity contribution in [2.45, 2.75) is 13.8 Å². The third kappa shape index (κ3) is 3.72. The van der Waals surface area contributed by atoms with Gasteiger partial charge < -0.3 is 4.52 Å². The fraction of sp³-hybridized carbons (Fsp3) is 0.118. The molecule has 1 aromatic carbocycles. The number of carbonyl (C=O) groups is 2. The Morgan fingerprint density at radius 3 is 2.36 bits per heavy atom. The zero-order chi connectivity index (χ0) is 18.0. The van der Waals surface area contributed by atoms with E-state index in [9.17, 15) is 9.59 Å². The Balaban J connectivity index is 1.66. The maximum absolute atomic E-state index is 12.2. The van der Waals surface area contributed by atoms with Crippen molar-refractivity contribution in [3.63, 3.8) is 0 Å². The Hall–Kier alpha value is -2.64. The van der Waals surface area contributed by atoms with Gasteiger partial charge in [0.25, 0.3) is 11.8 Å². The quantitative estimate of drug-likeness (QED) is 0.683. The first-order chi connectivity index (χ1) is 12.0. The van der Waals surface area contributed by atoms with Crippen molar-refractivity contribution in [1.29, 1.82) is 0 Å². The van der Waals surface area contributed by atoms with Crippen molar-refractivity contribution in [3.8, 4) is 10.4 Å². The number of nitrogens with zero attached hydrogens (tertiary/aromatic N) is 1. The van der Waals surface area contributed by atoms with E-state index in [0.717, 1.165) is 16.1 Å². The minimum Gasteiger partial charge on any atom is -0.361 e. The standard InChI is InChI=1S/C17H14ClN3O3S/c1-9-15(10(2)24-21-9)13-7-8-14(25-13)17(23)20-19-16(22)11-3-5-12(18)6-4-11/h3-8H,1-2H3,(H,19,22)(H,20,23). The van der Waals surface area contributed by atoms with E-state index in [4.69, 9.17) is 16.1 Å². The summed E-state index contributed by atoms with van der Waals surface area (Å²) in [5.74, 6) is -0.125. The van der Waals surface area contributed by atoms with Crippen LogP contribution in [0.4, 0.5) is 0 Å². The van der Waals surface area contributed by atoms with E-state index >= 15 is 0 Å². The largest absolute Gasteiger partial charge is 0.361 e. The molecule has 0 unspecified atom stereocenters. The zero-order valence-electron chi connectivity index (χ0n) is 13.4. The maximum atomic E-state index is 12.2. The lowest BCUT2D eigenvalue weighted by atomic mass is 10.2. The van der Waals surface area contributed by atoms with Gasteiger partial charge in [0, 0.05) is 15.5 Å². The number of hydrazine groups is 1. The highest BCUT2D eigenvalue weighted by Gasteiger charge is 2.16. The second-order valence-corrected chi connectivity index (χ2v) is 6.80. The zero-order valence-corrected chi connectivity index (χ0v) is 15.0. The third-order valence-corrected chi connectivity index (χ3v) is 4.86. The van der Waals surface area contributed by atoms with Gasteiger partial charge in [0.2, 0.25) is 0 Å². The average Bonchev–Trinajstić information content (AvgIpc) is 3.19. The predicted octanol–water partition coefficient (Wildman–Crippen LogP) is 3.75. The molecule has 0 aliphatic rings. The summed E-state index contributed by atoms with van der Waals surface area (Å²) in [4.78, 5) is 25.5. The lowest BCUT2D eigenvalue weighted by Gasteiger charge is -2.06. The Morgan fingerprint density at radius 2 is 1.72 bits per heavy atom. The first-order valence-electron chi connectivity index (χ1n) is 7.35. The van der Waals surface area contributed by atoms with Crippen molar-refractivity contribution in [2.24, 2.45) is 0 Å². The highest BCUT2D eigenvalue weighted by atomic mass is 35.5. The lowest BCUT2D eigenvalue weighted by Crippen LogP contribution is -2.41. The molecule has 0 spiro atoms. The molecule has 25 heavy (non-hydrogen) atoms. The molecule has 2 heterocycles. The third-order valence-electron chi connectivity index (χ3n) is 3.51. The molecule has 0 aliphatic carbocycles.